The second kappa shape index (κ2) is 15.3. The molecule has 63 heavy (non-hydrogen) atoms. The van der Waals surface area contributed by atoms with Crippen molar-refractivity contribution in [3.8, 4) is 11.1 Å². The van der Waals surface area contributed by atoms with Gasteiger partial charge in [-0.15, -0.1) is 11.3 Å². The highest BCUT2D eigenvalue weighted by atomic mass is 32.1. The maximum atomic E-state index is 2.60. The molecule has 0 saturated heterocycles. The van der Waals surface area contributed by atoms with E-state index >= 15 is 0 Å². The quantitative estimate of drug-likeness (QED) is 0.106. The Labute approximate surface area is 375 Å². The van der Waals surface area contributed by atoms with Crippen molar-refractivity contribution < 1.29 is 0 Å². The van der Waals surface area contributed by atoms with Gasteiger partial charge in [0.15, 0.2) is 0 Å². The highest BCUT2D eigenvalue weighted by molar-refractivity contribution is 7.33. The van der Waals surface area contributed by atoms with Gasteiger partial charge in [0.2, 0.25) is 0 Å². The molecule has 0 bridgehead atoms. The molecule has 3 heterocycles. The third-order valence-electron chi connectivity index (χ3n) is 13.7. The minimum atomic E-state index is 0.120. The number of hydrogen-bond donors (Lipinski definition) is 0. The first-order chi connectivity index (χ1) is 31.1. The largest absolute Gasteiger partial charge is 0.311 e. The number of fused-ring (bicyclic) bond motifs is 12. The van der Waals surface area contributed by atoms with Crippen molar-refractivity contribution in [2.24, 2.45) is 0 Å². The van der Waals surface area contributed by atoms with Crippen LogP contribution in [0, 0.1) is 0 Å². The van der Waals surface area contributed by atoms with Gasteiger partial charge in [-0.3, -0.25) is 0 Å². The van der Waals surface area contributed by atoms with Crippen LogP contribution in [0.15, 0.2) is 170 Å². The fraction of sp³-hybridized carbons (Fsp3) is 0.153. The molecule has 0 fully saturated rings. The minimum absolute atomic E-state index is 0.120. The third kappa shape index (κ3) is 5.99. The van der Waals surface area contributed by atoms with E-state index in [-0.39, 0.29) is 6.71 Å². The Bertz CT molecular complexity index is 3350. The Morgan fingerprint density at radius 2 is 0.984 bits per heavy atom. The summed E-state index contributed by atoms with van der Waals surface area (Å²) in [5.74, 6) is 0. The van der Waals surface area contributed by atoms with Gasteiger partial charge in [0.1, 0.15) is 0 Å². The number of anilines is 6. The van der Waals surface area contributed by atoms with Gasteiger partial charge in [-0.2, -0.15) is 0 Å². The second-order valence-corrected chi connectivity index (χ2v) is 18.7. The molecule has 0 saturated carbocycles. The summed E-state index contributed by atoms with van der Waals surface area (Å²) >= 11 is 2.00. The maximum Gasteiger partial charge on any atom is 0.264 e. The average molecular weight is 829 g/mol. The average Bonchev–Trinajstić information content (AvgIpc) is 3.70. The molecule has 9 aromatic carbocycles. The maximum absolute atomic E-state index is 2.60. The van der Waals surface area contributed by atoms with Crippen LogP contribution in [0.1, 0.15) is 56.7 Å². The van der Waals surface area contributed by atoms with Crippen LogP contribution in [0.4, 0.5) is 34.1 Å². The van der Waals surface area contributed by atoms with E-state index in [4.69, 9.17) is 0 Å². The van der Waals surface area contributed by atoms with E-state index in [1.165, 1.54) is 120 Å². The normalized spacial score (nSPS) is 13.0. The summed E-state index contributed by atoms with van der Waals surface area (Å²) in [5.41, 5.74) is 17.0. The first-order valence-corrected chi connectivity index (χ1v) is 23.9. The first-order valence-electron chi connectivity index (χ1n) is 23.1. The predicted octanol–water partition coefficient (Wildman–Crippen LogP) is 15.0. The lowest BCUT2D eigenvalue weighted by molar-refractivity contribution is 0.922. The van der Waals surface area contributed by atoms with Crippen LogP contribution in [0.2, 0.25) is 0 Å². The van der Waals surface area contributed by atoms with Gasteiger partial charge >= 0.3 is 0 Å². The predicted molar refractivity (Wildman–Crippen MR) is 276 cm³/mol. The molecular formula is C59H49BN2S. The van der Waals surface area contributed by atoms with Crippen molar-refractivity contribution in [3.05, 3.63) is 187 Å². The number of benzene rings is 9. The summed E-state index contributed by atoms with van der Waals surface area (Å²) in [4.78, 5) is 5.15. The molecule has 0 atom stereocenters. The molecule has 4 heteroatoms. The van der Waals surface area contributed by atoms with E-state index in [1.54, 1.807) is 0 Å². The molecule has 1 aromatic heterocycles. The van der Waals surface area contributed by atoms with Crippen LogP contribution in [0.5, 0.6) is 0 Å². The van der Waals surface area contributed by atoms with Gasteiger partial charge in [0, 0.05) is 43.3 Å². The van der Waals surface area contributed by atoms with E-state index in [2.05, 4.69) is 200 Å². The lowest BCUT2D eigenvalue weighted by Gasteiger charge is -2.43. The van der Waals surface area contributed by atoms with E-state index in [0.717, 1.165) is 38.5 Å². The molecular weight excluding hydrogens is 780 g/mol. The fourth-order valence-electron chi connectivity index (χ4n) is 11.0. The van der Waals surface area contributed by atoms with E-state index in [1.807, 2.05) is 11.3 Å². The van der Waals surface area contributed by atoms with Crippen molar-refractivity contribution >= 4 is 110 Å². The third-order valence-corrected chi connectivity index (χ3v) is 15.0. The van der Waals surface area contributed by atoms with E-state index in [0.29, 0.717) is 0 Å². The van der Waals surface area contributed by atoms with Crippen molar-refractivity contribution in [3.63, 3.8) is 0 Å². The van der Waals surface area contributed by atoms with Gasteiger partial charge in [0.05, 0.1) is 5.69 Å². The Hall–Kier alpha value is -6.62. The molecule has 0 N–H and O–H groups in total. The Kier molecular flexibility index (Phi) is 9.27. The van der Waals surface area contributed by atoms with Gasteiger partial charge < -0.3 is 9.80 Å². The molecule has 304 valence electrons. The van der Waals surface area contributed by atoms with Crippen LogP contribution in [0.3, 0.4) is 0 Å². The topological polar surface area (TPSA) is 6.48 Å². The number of aryl methyl sites for hydroxylation is 3. The van der Waals surface area contributed by atoms with Crippen molar-refractivity contribution in [1.29, 1.82) is 0 Å². The molecule has 2 nitrogen and oxygen atoms in total. The zero-order valence-electron chi connectivity index (χ0n) is 36.3. The molecule has 0 unspecified atom stereocenters. The van der Waals surface area contributed by atoms with Gasteiger partial charge in [-0.1, -0.05) is 155 Å². The standard InChI is InChI=1S/C59H49BN2S/c1-4-13-38-24-30-43(31-25-38)62-54-23-12-22-53-57(54)60(59-58(62)50-36-39(14-5-2)27-35-55(50)63-59)51-37-40(15-6-3)26-34-52(51)61(53)42-32-28-41(29-33-42)44-20-11-21-49-47-17-8-7-16-45(47)46-18-9-10-19-48(46)56(44)49/h7-12,16-37H,4-6,13-15H2,1-3H3. The molecule has 0 amide bonds. The SMILES string of the molecule is CCCc1ccc(N2c3cccc4c3B(c3cc(CCC)ccc3N4c3ccc(-c4cccc5c6ccccc6c6ccccc6c45)cc3)c3sc4ccc(CCC)cc4c32)cc1. The van der Waals surface area contributed by atoms with Crippen LogP contribution in [0.25, 0.3) is 53.5 Å². The van der Waals surface area contributed by atoms with E-state index in [9.17, 15) is 0 Å². The Morgan fingerprint density at radius 3 is 1.68 bits per heavy atom. The highest BCUT2D eigenvalue weighted by Crippen LogP contribution is 2.48. The summed E-state index contributed by atoms with van der Waals surface area (Å²) in [5, 5.41) is 9.19. The number of thiophene rings is 1. The Morgan fingerprint density at radius 1 is 0.444 bits per heavy atom. The van der Waals surface area contributed by atoms with Gasteiger partial charge in [0.25, 0.3) is 6.71 Å². The lowest BCUT2D eigenvalue weighted by atomic mass is 9.36. The van der Waals surface area contributed by atoms with Crippen LogP contribution in [-0.2, 0) is 19.3 Å². The summed E-state index contributed by atoms with van der Waals surface area (Å²) < 4.78 is 2.80. The molecule has 0 aliphatic carbocycles. The smallest absolute Gasteiger partial charge is 0.264 e. The summed E-state index contributed by atoms with van der Waals surface area (Å²) in [6.07, 6.45) is 6.63. The lowest BCUT2D eigenvalue weighted by Crippen LogP contribution is -2.60. The minimum Gasteiger partial charge on any atom is -0.311 e. The van der Waals surface area contributed by atoms with Gasteiger partial charge in [-0.25, -0.2) is 0 Å². The summed E-state index contributed by atoms with van der Waals surface area (Å²) in [6.45, 7) is 6.97. The van der Waals surface area contributed by atoms with E-state index < -0.39 is 0 Å². The first kappa shape index (κ1) is 38.1. The fourth-order valence-corrected chi connectivity index (χ4v) is 12.3. The second-order valence-electron chi connectivity index (χ2n) is 17.6. The molecule has 2 aliphatic rings. The molecule has 12 rings (SSSR count). The van der Waals surface area contributed by atoms with Crippen LogP contribution in [-0.4, -0.2) is 6.71 Å². The summed E-state index contributed by atoms with van der Waals surface area (Å²) in [6, 6.07) is 65.0. The van der Waals surface area contributed by atoms with Crippen molar-refractivity contribution in [2.75, 3.05) is 9.80 Å². The van der Waals surface area contributed by atoms with Gasteiger partial charge in [-0.05, 0) is 145 Å². The summed E-state index contributed by atoms with van der Waals surface area (Å²) in [7, 11) is 0. The van der Waals surface area contributed by atoms with Crippen molar-refractivity contribution in [1.82, 2.24) is 0 Å². The van der Waals surface area contributed by atoms with Crippen molar-refractivity contribution in [2.45, 2.75) is 59.3 Å². The monoisotopic (exact) mass is 828 g/mol. The van der Waals surface area contributed by atoms with Crippen LogP contribution >= 0.6 is 11.3 Å². The number of nitrogens with zero attached hydrogens (tertiary/aromatic N) is 2. The molecule has 2 aliphatic heterocycles. The molecule has 0 spiro atoms. The molecule has 0 radical (unpaired) electrons. The highest BCUT2D eigenvalue weighted by Gasteiger charge is 2.45. The zero-order chi connectivity index (χ0) is 42.2. The number of rotatable bonds is 9. The number of hydrogen-bond acceptors (Lipinski definition) is 3. The Balaban J connectivity index is 1.06. The zero-order valence-corrected chi connectivity index (χ0v) is 37.1. The van der Waals surface area contributed by atoms with Crippen LogP contribution < -0.4 is 25.5 Å². The molecule has 10 aromatic rings.